The SMILES string of the molecule is CCCCC/C=C\C/C=C\C/C=C\C/C=C\CCCC(=O)OCCCCCC(CCCCCOC(=O)CCC/C=C\C/C=C\C/C=C\C/C=C\CCCCC)OC(=O)NCCOCCN(C)CC. The molecule has 388 valence electrons. The summed E-state index contributed by atoms with van der Waals surface area (Å²) < 4.78 is 22.5. The summed E-state index contributed by atoms with van der Waals surface area (Å²) in [5.41, 5.74) is 0. The Labute approximate surface area is 417 Å². The van der Waals surface area contributed by atoms with Crippen molar-refractivity contribution in [2.75, 3.05) is 53.1 Å². The van der Waals surface area contributed by atoms with Crippen molar-refractivity contribution in [3.05, 3.63) is 97.2 Å². The van der Waals surface area contributed by atoms with Crippen molar-refractivity contribution >= 4 is 18.0 Å². The van der Waals surface area contributed by atoms with Crippen molar-refractivity contribution < 1.29 is 33.3 Å². The maximum absolute atomic E-state index is 12.7. The molecule has 68 heavy (non-hydrogen) atoms. The molecule has 0 aliphatic rings. The van der Waals surface area contributed by atoms with Crippen LogP contribution in [0.5, 0.6) is 0 Å². The van der Waals surface area contributed by atoms with Gasteiger partial charge in [-0.05, 0) is 155 Å². The van der Waals surface area contributed by atoms with Gasteiger partial charge in [-0.2, -0.15) is 0 Å². The summed E-state index contributed by atoms with van der Waals surface area (Å²) in [7, 11) is 2.05. The van der Waals surface area contributed by atoms with E-state index >= 15 is 0 Å². The number of likely N-dealkylation sites (N-methyl/N-ethyl adjacent to an activating group) is 1. The third-order valence-electron chi connectivity index (χ3n) is 11.2. The molecule has 1 N–H and O–H groups in total. The van der Waals surface area contributed by atoms with Crippen LogP contribution >= 0.6 is 0 Å². The average Bonchev–Trinajstić information content (AvgIpc) is 3.33. The molecule has 0 spiro atoms. The number of nitrogens with one attached hydrogen (secondary N) is 1. The molecule has 0 saturated heterocycles. The third-order valence-corrected chi connectivity index (χ3v) is 11.2. The normalized spacial score (nSPS) is 12.4. The van der Waals surface area contributed by atoms with E-state index in [1.54, 1.807) is 0 Å². The molecule has 0 aliphatic heterocycles. The second-order valence-electron chi connectivity index (χ2n) is 17.6. The lowest BCUT2D eigenvalue weighted by molar-refractivity contribution is -0.144. The third kappa shape index (κ3) is 51.4. The second-order valence-corrected chi connectivity index (χ2v) is 17.6. The minimum absolute atomic E-state index is 0.145. The molecule has 0 heterocycles. The highest BCUT2D eigenvalue weighted by molar-refractivity contribution is 5.69. The summed E-state index contributed by atoms with van der Waals surface area (Å²) in [4.78, 5) is 39.4. The number of carbonyl (C=O) groups is 3. The van der Waals surface area contributed by atoms with Gasteiger partial charge in [0.25, 0.3) is 0 Å². The first-order chi connectivity index (χ1) is 33.4. The minimum atomic E-state index is -0.426. The van der Waals surface area contributed by atoms with Gasteiger partial charge in [0.1, 0.15) is 6.10 Å². The Bertz CT molecular complexity index is 1310. The number of esters is 2. The van der Waals surface area contributed by atoms with E-state index in [4.69, 9.17) is 18.9 Å². The fourth-order valence-electron chi connectivity index (χ4n) is 6.83. The van der Waals surface area contributed by atoms with Crippen LogP contribution < -0.4 is 5.32 Å². The smallest absolute Gasteiger partial charge is 0.407 e. The number of hydrogen-bond acceptors (Lipinski definition) is 8. The first kappa shape index (κ1) is 64.0. The number of unbranched alkanes of at least 4 members (excludes halogenated alkanes) is 12. The largest absolute Gasteiger partial charge is 0.466 e. The highest BCUT2D eigenvalue weighted by Crippen LogP contribution is 2.16. The van der Waals surface area contributed by atoms with Crippen LogP contribution in [0.4, 0.5) is 4.79 Å². The molecule has 0 saturated carbocycles. The number of alkyl carbamates (subject to hydrolysis) is 1. The molecule has 0 aliphatic carbocycles. The predicted molar refractivity (Wildman–Crippen MR) is 288 cm³/mol. The Morgan fingerprint density at radius 1 is 0.456 bits per heavy atom. The number of rotatable bonds is 48. The van der Waals surface area contributed by atoms with Gasteiger partial charge in [-0.1, -0.05) is 144 Å². The molecule has 0 aromatic heterocycles. The number of ether oxygens (including phenoxy) is 4. The lowest BCUT2D eigenvalue weighted by Crippen LogP contribution is -2.32. The highest BCUT2D eigenvalue weighted by atomic mass is 16.6. The molecule has 0 aromatic rings. The van der Waals surface area contributed by atoms with E-state index in [1.807, 2.05) is 7.05 Å². The molecule has 9 heteroatoms. The summed E-state index contributed by atoms with van der Waals surface area (Å²) in [6.45, 7) is 10.7. The minimum Gasteiger partial charge on any atom is -0.466 e. The van der Waals surface area contributed by atoms with Crippen LogP contribution in [0.1, 0.15) is 201 Å². The van der Waals surface area contributed by atoms with Crippen LogP contribution in [0, 0.1) is 0 Å². The van der Waals surface area contributed by atoms with Crippen molar-refractivity contribution in [1.29, 1.82) is 0 Å². The molecule has 0 rings (SSSR count). The maximum atomic E-state index is 12.7. The van der Waals surface area contributed by atoms with Crippen molar-refractivity contribution in [2.24, 2.45) is 0 Å². The first-order valence-corrected chi connectivity index (χ1v) is 27.1. The van der Waals surface area contributed by atoms with E-state index in [2.05, 4.69) is 128 Å². The van der Waals surface area contributed by atoms with Gasteiger partial charge < -0.3 is 29.2 Å². The first-order valence-electron chi connectivity index (χ1n) is 27.1. The summed E-state index contributed by atoms with van der Waals surface area (Å²) >= 11 is 0. The molecule has 0 fully saturated rings. The number of hydrogen-bond donors (Lipinski definition) is 1. The summed E-state index contributed by atoms with van der Waals surface area (Å²) in [6, 6.07) is 0. The zero-order valence-corrected chi connectivity index (χ0v) is 43.9. The fraction of sp³-hybridized carbons (Fsp3) is 0.678. The van der Waals surface area contributed by atoms with Crippen LogP contribution in [0.25, 0.3) is 0 Å². The average molecular weight is 949 g/mol. The van der Waals surface area contributed by atoms with Crippen LogP contribution in [0.2, 0.25) is 0 Å². The molecular formula is C59H100N2O7. The van der Waals surface area contributed by atoms with E-state index in [9.17, 15) is 14.4 Å². The van der Waals surface area contributed by atoms with Crippen LogP contribution in [-0.2, 0) is 28.5 Å². The van der Waals surface area contributed by atoms with E-state index in [1.165, 1.54) is 51.4 Å². The van der Waals surface area contributed by atoms with Crippen molar-refractivity contribution in [2.45, 2.75) is 207 Å². The standard InChI is InChI=1S/C59H100N2O7/c1-5-8-10-12-14-16-18-20-22-24-26-28-30-32-34-36-42-48-57(62)66-52-44-38-40-46-56(68-59(64)60-50-54-65-55-51-61(4)7-3)47-41-39-45-53-67-58(63)49-43-37-35-33-31-29-27-25-23-21-19-17-15-13-11-9-6-2/h14-17,20-23,26-29,32-35,56H,5-13,18-19,24-25,30-31,36-55H2,1-4H3,(H,60,64)/b16-14-,17-15-,22-20-,23-21-,28-26-,29-27-,34-32-,35-33-. The Kier molecular flexibility index (Phi) is 50.9. The molecule has 0 unspecified atom stereocenters. The fourth-order valence-corrected chi connectivity index (χ4v) is 6.83. The topological polar surface area (TPSA) is 103 Å². The monoisotopic (exact) mass is 949 g/mol. The molecule has 0 bridgehead atoms. The lowest BCUT2D eigenvalue weighted by atomic mass is 10.0. The zero-order valence-electron chi connectivity index (χ0n) is 43.9. The van der Waals surface area contributed by atoms with Gasteiger partial charge in [-0.15, -0.1) is 0 Å². The van der Waals surface area contributed by atoms with Gasteiger partial charge in [0.15, 0.2) is 0 Å². The number of allylic oxidation sites excluding steroid dienone is 16. The van der Waals surface area contributed by atoms with E-state index < -0.39 is 6.09 Å². The summed E-state index contributed by atoms with van der Waals surface area (Å²) in [5.74, 6) is -0.290. The number of amides is 1. The van der Waals surface area contributed by atoms with E-state index in [0.29, 0.717) is 45.8 Å². The molecule has 9 nitrogen and oxygen atoms in total. The van der Waals surface area contributed by atoms with Crippen molar-refractivity contribution in [3.8, 4) is 0 Å². The molecular weight excluding hydrogens is 849 g/mol. The Morgan fingerprint density at radius 3 is 1.25 bits per heavy atom. The predicted octanol–water partition coefficient (Wildman–Crippen LogP) is 15.5. The van der Waals surface area contributed by atoms with Gasteiger partial charge in [0.05, 0.1) is 26.4 Å². The van der Waals surface area contributed by atoms with Crippen molar-refractivity contribution in [3.63, 3.8) is 0 Å². The molecule has 0 atom stereocenters. The van der Waals surface area contributed by atoms with Gasteiger partial charge in [-0.3, -0.25) is 9.59 Å². The van der Waals surface area contributed by atoms with Crippen LogP contribution in [-0.4, -0.2) is 82.1 Å². The number of carbonyl (C=O) groups excluding carboxylic acids is 3. The summed E-state index contributed by atoms with van der Waals surface area (Å²) in [5, 5.41) is 2.83. The van der Waals surface area contributed by atoms with Gasteiger partial charge in [-0.25, -0.2) is 4.79 Å². The quantitative estimate of drug-likeness (QED) is 0.0278. The molecule has 0 aromatic carbocycles. The zero-order chi connectivity index (χ0) is 49.5. The van der Waals surface area contributed by atoms with Gasteiger partial charge in [0.2, 0.25) is 0 Å². The Morgan fingerprint density at radius 2 is 0.853 bits per heavy atom. The Balaban J connectivity index is 4.29. The van der Waals surface area contributed by atoms with Crippen LogP contribution in [0.3, 0.4) is 0 Å². The number of nitrogens with zero attached hydrogens (tertiary/aromatic N) is 1. The highest BCUT2D eigenvalue weighted by Gasteiger charge is 2.14. The summed E-state index contributed by atoms with van der Waals surface area (Å²) in [6.07, 6.45) is 61.3. The van der Waals surface area contributed by atoms with Gasteiger partial charge in [0, 0.05) is 25.9 Å². The lowest BCUT2D eigenvalue weighted by Gasteiger charge is -2.19. The van der Waals surface area contributed by atoms with Gasteiger partial charge >= 0.3 is 18.0 Å². The molecule has 1 amide bonds. The van der Waals surface area contributed by atoms with Crippen molar-refractivity contribution in [1.82, 2.24) is 10.2 Å². The van der Waals surface area contributed by atoms with E-state index in [-0.39, 0.29) is 18.0 Å². The maximum Gasteiger partial charge on any atom is 0.407 e. The van der Waals surface area contributed by atoms with Crippen LogP contribution in [0.15, 0.2) is 97.2 Å². The Hall–Kier alpha value is -3.95. The second kappa shape index (κ2) is 54.0. The van der Waals surface area contributed by atoms with E-state index in [0.717, 1.165) is 129 Å². The molecule has 0 radical (unpaired) electrons.